The summed E-state index contributed by atoms with van der Waals surface area (Å²) in [6.45, 7) is 2.58. The summed E-state index contributed by atoms with van der Waals surface area (Å²) in [6, 6.07) is 20.8. The Bertz CT molecular complexity index is 933. The van der Waals surface area contributed by atoms with Crippen LogP contribution in [0.15, 0.2) is 71.2 Å². The molecule has 0 spiro atoms. The Morgan fingerprint density at radius 2 is 1.59 bits per heavy atom. The first-order valence-corrected chi connectivity index (χ1v) is 10.9. The number of hydrogen-bond donors (Lipinski definition) is 2. The van der Waals surface area contributed by atoms with E-state index in [9.17, 15) is 5.11 Å². The molecule has 0 radical (unpaired) electrons. The number of aliphatic hydroxyl groups is 1. The fourth-order valence-corrected chi connectivity index (χ4v) is 3.64. The molecular formula is C23H22BrCl2NO2. The Morgan fingerprint density at radius 3 is 2.21 bits per heavy atom. The lowest BCUT2D eigenvalue weighted by molar-refractivity contribution is 0.160. The Morgan fingerprint density at radius 1 is 0.931 bits per heavy atom. The van der Waals surface area contributed by atoms with Gasteiger partial charge in [-0.25, -0.2) is 0 Å². The summed E-state index contributed by atoms with van der Waals surface area (Å²) < 4.78 is 6.48. The number of hydrogen-bond acceptors (Lipinski definition) is 3. The lowest BCUT2D eigenvalue weighted by Crippen LogP contribution is -2.15. The molecule has 0 saturated heterocycles. The van der Waals surface area contributed by atoms with E-state index in [-0.39, 0.29) is 6.04 Å². The molecule has 3 nitrogen and oxygen atoms in total. The van der Waals surface area contributed by atoms with E-state index >= 15 is 0 Å². The van der Waals surface area contributed by atoms with Crippen LogP contribution in [-0.2, 0) is 0 Å². The van der Waals surface area contributed by atoms with Crippen LogP contribution in [0.25, 0.3) is 0 Å². The third-order valence-electron chi connectivity index (χ3n) is 4.57. The standard InChI is InChI=1S/C23H22BrCl2NO2/c1-2-29-19-10-8-18(9-11-19)27-22(16-5-12-20(25)21(26)13-16)14-23(28)15-3-6-17(24)7-4-15/h3-13,22-23,27-28H,2,14H2,1H3. The molecule has 2 unspecified atom stereocenters. The molecule has 2 N–H and O–H groups in total. The highest BCUT2D eigenvalue weighted by atomic mass is 79.9. The van der Waals surface area contributed by atoms with Gasteiger partial charge in [0.15, 0.2) is 0 Å². The van der Waals surface area contributed by atoms with Gasteiger partial charge in [0, 0.05) is 16.6 Å². The summed E-state index contributed by atoms with van der Waals surface area (Å²) in [6.07, 6.45) is -0.176. The Labute approximate surface area is 189 Å². The van der Waals surface area contributed by atoms with E-state index in [1.807, 2.05) is 67.6 Å². The first-order valence-electron chi connectivity index (χ1n) is 9.34. The molecule has 0 aliphatic carbocycles. The number of nitrogens with one attached hydrogen (secondary N) is 1. The molecule has 29 heavy (non-hydrogen) atoms. The Balaban J connectivity index is 1.84. The maximum Gasteiger partial charge on any atom is 0.119 e. The van der Waals surface area contributed by atoms with Crippen LogP contribution in [0.1, 0.15) is 36.6 Å². The van der Waals surface area contributed by atoms with Crippen molar-refractivity contribution in [3.8, 4) is 5.75 Å². The zero-order valence-corrected chi connectivity index (χ0v) is 19.0. The van der Waals surface area contributed by atoms with Crippen molar-refractivity contribution >= 4 is 44.8 Å². The highest BCUT2D eigenvalue weighted by molar-refractivity contribution is 9.10. The van der Waals surface area contributed by atoms with Gasteiger partial charge in [0.05, 0.1) is 28.8 Å². The maximum absolute atomic E-state index is 10.8. The predicted molar refractivity (Wildman–Crippen MR) is 124 cm³/mol. The fourth-order valence-electron chi connectivity index (χ4n) is 3.07. The summed E-state index contributed by atoms with van der Waals surface area (Å²) in [5.74, 6) is 0.819. The van der Waals surface area contributed by atoms with E-state index in [2.05, 4.69) is 21.2 Å². The van der Waals surface area contributed by atoms with E-state index in [1.165, 1.54) is 0 Å². The predicted octanol–water partition coefficient (Wildman–Crippen LogP) is 7.43. The van der Waals surface area contributed by atoms with Crippen LogP contribution in [0.2, 0.25) is 10.0 Å². The number of benzene rings is 3. The third kappa shape index (κ3) is 6.13. The van der Waals surface area contributed by atoms with Crippen LogP contribution in [-0.4, -0.2) is 11.7 Å². The zero-order valence-electron chi connectivity index (χ0n) is 15.9. The second-order valence-corrected chi connectivity index (χ2v) is 8.36. The van der Waals surface area contributed by atoms with Crippen molar-refractivity contribution in [2.45, 2.75) is 25.5 Å². The van der Waals surface area contributed by atoms with Gasteiger partial charge in [0.25, 0.3) is 0 Å². The average molecular weight is 495 g/mol. The summed E-state index contributed by atoms with van der Waals surface area (Å²) >= 11 is 15.8. The molecule has 0 aliphatic heterocycles. The molecule has 6 heteroatoms. The van der Waals surface area contributed by atoms with Crippen molar-refractivity contribution in [1.29, 1.82) is 0 Å². The van der Waals surface area contributed by atoms with E-state index < -0.39 is 6.10 Å². The Hall–Kier alpha value is -1.72. The average Bonchev–Trinajstić information content (AvgIpc) is 2.71. The summed E-state index contributed by atoms with van der Waals surface area (Å²) in [5, 5.41) is 15.3. The largest absolute Gasteiger partial charge is 0.494 e. The van der Waals surface area contributed by atoms with Crippen molar-refractivity contribution in [2.24, 2.45) is 0 Å². The van der Waals surface area contributed by atoms with Gasteiger partial charge in [0.2, 0.25) is 0 Å². The van der Waals surface area contributed by atoms with Gasteiger partial charge < -0.3 is 15.2 Å². The third-order valence-corrected chi connectivity index (χ3v) is 5.83. The van der Waals surface area contributed by atoms with Crippen molar-refractivity contribution in [3.05, 3.63) is 92.4 Å². The van der Waals surface area contributed by atoms with Crippen LogP contribution < -0.4 is 10.1 Å². The monoisotopic (exact) mass is 493 g/mol. The number of ether oxygens (including phenoxy) is 1. The molecule has 0 aliphatic rings. The fraction of sp³-hybridized carbons (Fsp3) is 0.217. The van der Waals surface area contributed by atoms with Crippen LogP contribution in [0, 0.1) is 0 Å². The molecule has 3 aromatic rings. The van der Waals surface area contributed by atoms with Gasteiger partial charge in [-0.3, -0.25) is 0 Å². The summed E-state index contributed by atoms with van der Waals surface area (Å²) in [7, 11) is 0. The van der Waals surface area contributed by atoms with Gasteiger partial charge in [0.1, 0.15) is 5.75 Å². The molecule has 152 valence electrons. The molecular weight excluding hydrogens is 473 g/mol. The van der Waals surface area contributed by atoms with Crippen LogP contribution in [0.5, 0.6) is 5.75 Å². The maximum atomic E-state index is 10.8. The van der Waals surface area contributed by atoms with E-state index in [4.69, 9.17) is 27.9 Å². The van der Waals surface area contributed by atoms with Gasteiger partial charge in [-0.15, -0.1) is 0 Å². The molecule has 2 atom stereocenters. The number of aliphatic hydroxyl groups excluding tert-OH is 1. The zero-order chi connectivity index (χ0) is 20.8. The van der Waals surface area contributed by atoms with E-state index in [1.54, 1.807) is 6.07 Å². The Kier molecular flexibility index (Phi) is 7.84. The molecule has 0 fully saturated rings. The molecule has 3 rings (SSSR count). The van der Waals surface area contributed by atoms with Gasteiger partial charge >= 0.3 is 0 Å². The van der Waals surface area contributed by atoms with Crippen molar-refractivity contribution < 1.29 is 9.84 Å². The molecule has 0 saturated carbocycles. The minimum absolute atomic E-state index is 0.165. The van der Waals surface area contributed by atoms with E-state index in [0.717, 1.165) is 27.0 Å². The number of rotatable bonds is 8. The van der Waals surface area contributed by atoms with Crippen molar-refractivity contribution in [3.63, 3.8) is 0 Å². The van der Waals surface area contributed by atoms with Crippen LogP contribution >= 0.6 is 39.1 Å². The van der Waals surface area contributed by atoms with Crippen molar-refractivity contribution in [2.75, 3.05) is 11.9 Å². The van der Waals surface area contributed by atoms with Crippen LogP contribution in [0.3, 0.4) is 0 Å². The molecule has 0 heterocycles. The lowest BCUT2D eigenvalue weighted by atomic mass is 9.96. The molecule has 0 aromatic heterocycles. The van der Waals surface area contributed by atoms with Crippen molar-refractivity contribution in [1.82, 2.24) is 0 Å². The first kappa shape index (κ1) is 22.0. The van der Waals surface area contributed by atoms with Gasteiger partial charge in [-0.05, 0) is 66.6 Å². The molecule has 0 bridgehead atoms. The summed E-state index contributed by atoms with van der Waals surface area (Å²) in [4.78, 5) is 0. The smallest absolute Gasteiger partial charge is 0.119 e. The highest BCUT2D eigenvalue weighted by Crippen LogP contribution is 2.33. The highest BCUT2D eigenvalue weighted by Gasteiger charge is 2.19. The van der Waals surface area contributed by atoms with E-state index in [0.29, 0.717) is 23.1 Å². The second kappa shape index (κ2) is 10.4. The molecule has 3 aromatic carbocycles. The molecule has 0 amide bonds. The SMILES string of the molecule is CCOc1ccc(NC(CC(O)c2ccc(Br)cc2)c2ccc(Cl)c(Cl)c2)cc1. The quantitative estimate of drug-likeness (QED) is 0.342. The minimum Gasteiger partial charge on any atom is -0.494 e. The lowest BCUT2D eigenvalue weighted by Gasteiger charge is -2.24. The van der Waals surface area contributed by atoms with Crippen LogP contribution in [0.4, 0.5) is 5.69 Å². The minimum atomic E-state index is -0.641. The van der Waals surface area contributed by atoms with Gasteiger partial charge in [-0.2, -0.15) is 0 Å². The summed E-state index contributed by atoms with van der Waals surface area (Å²) in [5.41, 5.74) is 2.73. The first-order chi connectivity index (χ1) is 14.0. The second-order valence-electron chi connectivity index (χ2n) is 6.63. The topological polar surface area (TPSA) is 41.5 Å². The number of halogens is 3. The van der Waals surface area contributed by atoms with Gasteiger partial charge in [-0.1, -0.05) is 57.3 Å². The number of anilines is 1. The normalized spacial score (nSPS) is 13.0.